The van der Waals surface area contributed by atoms with Gasteiger partial charge in [-0.1, -0.05) is 6.92 Å². The van der Waals surface area contributed by atoms with Gasteiger partial charge < -0.3 is 9.64 Å². The van der Waals surface area contributed by atoms with E-state index in [0.717, 1.165) is 25.0 Å². The van der Waals surface area contributed by atoms with Crippen LogP contribution in [0.1, 0.15) is 34.3 Å². The summed E-state index contributed by atoms with van der Waals surface area (Å²) in [6.07, 6.45) is 3.03. The number of nitrogens with one attached hydrogen (secondary N) is 1. The van der Waals surface area contributed by atoms with E-state index in [2.05, 4.69) is 17.2 Å². The van der Waals surface area contributed by atoms with Crippen molar-refractivity contribution in [2.75, 3.05) is 36.5 Å². The average molecular weight is 402 g/mol. The van der Waals surface area contributed by atoms with Crippen LogP contribution < -0.4 is 10.2 Å². The van der Waals surface area contributed by atoms with Gasteiger partial charge in [-0.25, -0.2) is 4.98 Å². The second kappa shape index (κ2) is 7.84. The molecule has 2 aliphatic rings. The number of rotatable bonds is 4. The van der Waals surface area contributed by atoms with E-state index in [0.29, 0.717) is 43.0 Å². The lowest BCUT2D eigenvalue weighted by molar-refractivity contribution is -0.384. The number of nitrogens with zero attached hydrogens (tertiary/aromatic N) is 3. The third-order valence-electron chi connectivity index (χ3n) is 5.19. The van der Waals surface area contributed by atoms with Gasteiger partial charge in [0.05, 0.1) is 23.8 Å². The lowest BCUT2D eigenvalue weighted by atomic mass is 9.93. The zero-order chi connectivity index (χ0) is 19.7. The van der Waals surface area contributed by atoms with E-state index in [9.17, 15) is 14.9 Å². The monoisotopic (exact) mass is 402 g/mol. The number of aryl methyl sites for hydroxylation is 1. The number of nitro benzene ring substituents is 1. The fourth-order valence-electron chi connectivity index (χ4n) is 3.65. The number of hydrogen-bond acceptors (Lipinski definition) is 7. The Morgan fingerprint density at radius 2 is 2.18 bits per heavy atom. The van der Waals surface area contributed by atoms with E-state index < -0.39 is 4.92 Å². The van der Waals surface area contributed by atoms with E-state index in [1.807, 2.05) is 4.90 Å². The Morgan fingerprint density at radius 3 is 2.93 bits per heavy atom. The van der Waals surface area contributed by atoms with Crippen molar-refractivity contribution < 1.29 is 14.5 Å². The van der Waals surface area contributed by atoms with Gasteiger partial charge in [0.15, 0.2) is 5.13 Å². The van der Waals surface area contributed by atoms with Crippen LogP contribution in [0.2, 0.25) is 0 Å². The van der Waals surface area contributed by atoms with E-state index in [-0.39, 0.29) is 17.2 Å². The zero-order valence-electron chi connectivity index (χ0n) is 15.6. The first kappa shape index (κ1) is 18.8. The molecule has 8 nitrogen and oxygen atoms in total. The molecule has 1 N–H and O–H groups in total. The fraction of sp³-hybridized carbons (Fsp3) is 0.474. The highest BCUT2D eigenvalue weighted by Gasteiger charge is 2.24. The number of anilines is 2. The maximum absolute atomic E-state index is 12.7. The third-order valence-corrected chi connectivity index (χ3v) is 6.23. The van der Waals surface area contributed by atoms with Gasteiger partial charge in [-0.3, -0.25) is 20.2 Å². The number of carbonyl (C=O) groups is 1. The van der Waals surface area contributed by atoms with Crippen molar-refractivity contribution >= 4 is 33.8 Å². The molecule has 148 valence electrons. The summed E-state index contributed by atoms with van der Waals surface area (Å²) in [5.41, 5.74) is 1.77. The molecule has 0 spiro atoms. The summed E-state index contributed by atoms with van der Waals surface area (Å²) in [4.78, 5) is 31.5. The van der Waals surface area contributed by atoms with Gasteiger partial charge in [-0.2, -0.15) is 0 Å². The predicted octanol–water partition coefficient (Wildman–Crippen LogP) is 3.27. The predicted molar refractivity (Wildman–Crippen MR) is 107 cm³/mol. The standard InChI is InChI=1S/C19H22N4O4S/c1-12-2-4-14-17(10-12)28-19(20-14)21-18(24)13-3-5-15(16(11-13)23(25)26)22-6-8-27-9-7-22/h3,5,11-12H,2,4,6-10H2,1H3,(H,20,21,24)/t12-/m1/s1. The molecular weight excluding hydrogens is 380 g/mol. The Bertz CT molecular complexity index is 907. The summed E-state index contributed by atoms with van der Waals surface area (Å²) in [5, 5.41) is 14.9. The second-order valence-corrected chi connectivity index (χ2v) is 8.33. The van der Waals surface area contributed by atoms with Crippen LogP contribution in [0.15, 0.2) is 18.2 Å². The molecule has 1 saturated heterocycles. The highest BCUT2D eigenvalue weighted by Crippen LogP contribution is 2.33. The minimum absolute atomic E-state index is 0.0678. The summed E-state index contributed by atoms with van der Waals surface area (Å²) >= 11 is 1.50. The molecule has 1 aliphatic carbocycles. The second-order valence-electron chi connectivity index (χ2n) is 7.25. The van der Waals surface area contributed by atoms with Crippen LogP contribution in [0.25, 0.3) is 0 Å². The van der Waals surface area contributed by atoms with E-state index in [1.54, 1.807) is 12.1 Å². The molecule has 4 rings (SSSR count). The highest BCUT2D eigenvalue weighted by molar-refractivity contribution is 7.15. The fourth-order valence-corrected chi connectivity index (χ4v) is 4.81. The van der Waals surface area contributed by atoms with E-state index in [4.69, 9.17) is 4.74 Å². The van der Waals surface area contributed by atoms with Crippen molar-refractivity contribution in [1.29, 1.82) is 0 Å². The van der Waals surface area contributed by atoms with Crippen molar-refractivity contribution in [2.24, 2.45) is 5.92 Å². The third kappa shape index (κ3) is 3.85. The smallest absolute Gasteiger partial charge is 0.293 e. The number of aromatic nitrogens is 1. The van der Waals surface area contributed by atoms with Crippen LogP contribution in [0, 0.1) is 16.0 Å². The van der Waals surface area contributed by atoms with Gasteiger partial charge in [-0.15, -0.1) is 11.3 Å². The number of carbonyl (C=O) groups excluding carboxylic acids is 1. The lowest BCUT2D eigenvalue weighted by Gasteiger charge is -2.28. The topological polar surface area (TPSA) is 97.6 Å². The first-order chi connectivity index (χ1) is 13.5. The highest BCUT2D eigenvalue weighted by atomic mass is 32.1. The molecule has 1 atom stereocenters. The van der Waals surface area contributed by atoms with E-state index in [1.165, 1.54) is 22.3 Å². The van der Waals surface area contributed by atoms with Gasteiger partial charge in [0.2, 0.25) is 0 Å². The summed E-state index contributed by atoms with van der Waals surface area (Å²) in [6.45, 7) is 4.47. The van der Waals surface area contributed by atoms with Crippen molar-refractivity contribution in [3.8, 4) is 0 Å². The maximum atomic E-state index is 12.7. The van der Waals surface area contributed by atoms with Crippen LogP contribution in [0.3, 0.4) is 0 Å². The Labute approximate surface area is 166 Å². The lowest BCUT2D eigenvalue weighted by Crippen LogP contribution is -2.36. The molecule has 9 heteroatoms. The number of fused-ring (bicyclic) bond motifs is 1. The molecule has 1 aromatic heterocycles. The number of amides is 1. The molecule has 2 heterocycles. The van der Waals surface area contributed by atoms with Crippen LogP contribution in [0.4, 0.5) is 16.5 Å². The Kier molecular flexibility index (Phi) is 5.27. The quantitative estimate of drug-likeness (QED) is 0.623. The number of benzene rings is 1. The number of hydrogen-bond donors (Lipinski definition) is 1. The largest absolute Gasteiger partial charge is 0.378 e. The van der Waals surface area contributed by atoms with Gasteiger partial charge in [0.1, 0.15) is 5.69 Å². The zero-order valence-corrected chi connectivity index (χ0v) is 16.5. The average Bonchev–Trinajstić information content (AvgIpc) is 3.09. The van der Waals surface area contributed by atoms with Crippen LogP contribution in [-0.4, -0.2) is 42.1 Å². The number of thiazole rings is 1. The Morgan fingerprint density at radius 1 is 1.39 bits per heavy atom. The first-order valence-electron chi connectivity index (χ1n) is 9.42. The number of ether oxygens (including phenoxy) is 1. The molecule has 0 bridgehead atoms. The first-order valence-corrected chi connectivity index (χ1v) is 10.2. The Balaban J connectivity index is 1.54. The number of morpholine rings is 1. The SMILES string of the molecule is C[C@@H]1CCc2nc(NC(=O)c3ccc(N4CCOCC4)c([N+](=O)[O-])c3)sc2C1. The molecular formula is C19H22N4O4S. The van der Waals surface area contributed by atoms with Crippen molar-refractivity contribution in [3.63, 3.8) is 0 Å². The van der Waals surface area contributed by atoms with Crippen LogP contribution >= 0.6 is 11.3 Å². The molecule has 2 aromatic rings. The van der Waals surface area contributed by atoms with Crippen molar-refractivity contribution in [3.05, 3.63) is 44.4 Å². The normalized spacial score (nSPS) is 19.2. The van der Waals surface area contributed by atoms with Crippen LogP contribution in [-0.2, 0) is 17.6 Å². The minimum Gasteiger partial charge on any atom is -0.378 e. The molecule has 28 heavy (non-hydrogen) atoms. The summed E-state index contributed by atoms with van der Waals surface area (Å²) < 4.78 is 5.31. The van der Waals surface area contributed by atoms with Gasteiger partial charge in [0.25, 0.3) is 11.6 Å². The van der Waals surface area contributed by atoms with Gasteiger partial charge in [0, 0.05) is 29.6 Å². The van der Waals surface area contributed by atoms with Gasteiger partial charge in [-0.05, 0) is 37.3 Å². The summed E-state index contributed by atoms with van der Waals surface area (Å²) in [7, 11) is 0. The molecule has 1 aliphatic heterocycles. The summed E-state index contributed by atoms with van der Waals surface area (Å²) in [5.74, 6) is 0.252. The molecule has 0 saturated carbocycles. The summed E-state index contributed by atoms with van der Waals surface area (Å²) in [6, 6.07) is 4.62. The van der Waals surface area contributed by atoms with Crippen LogP contribution in [0.5, 0.6) is 0 Å². The van der Waals surface area contributed by atoms with Crippen molar-refractivity contribution in [1.82, 2.24) is 4.98 Å². The van der Waals surface area contributed by atoms with E-state index >= 15 is 0 Å². The molecule has 0 radical (unpaired) electrons. The number of nitro groups is 1. The maximum Gasteiger partial charge on any atom is 0.293 e. The molecule has 1 fully saturated rings. The Hall–Kier alpha value is -2.52. The molecule has 0 unspecified atom stereocenters. The van der Waals surface area contributed by atoms with Crippen molar-refractivity contribution in [2.45, 2.75) is 26.2 Å². The molecule has 1 amide bonds. The minimum atomic E-state index is -0.439. The molecule has 1 aromatic carbocycles. The van der Waals surface area contributed by atoms with Gasteiger partial charge >= 0.3 is 0 Å².